The summed E-state index contributed by atoms with van der Waals surface area (Å²) in [7, 11) is -3.71. The summed E-state index contributed by atoms with van der Waals surface area (Å²) >= 11 is 6.17. The number of aryl methyl sites for hydroxylation is 1. The summed E-state index contributed by atoms with van der Waals surface area (Å²) < 4.78 is 32.5. The largest absolute Gasteiger partial charge is 0.483 e. The Bertz CT molecular complexity index is 716. The number of amides is 1. The number of nitrogens with zero attached hydrogens (tertiary/aromatic N) is 1. The van der Waals surface area contributed by atoms with Gasteiger partial charge in [-0.1, -0.05) is 11.6 Å². The highest BCUT2D eigenvalue weighted by Crippen LogP contribution is 2.31. The predicted molar refractivity (Wildman–Crippen MR) is 90.9 cm³/mol. The Morgan fingerprint density at radius 2 is 2.00 bits per heavy atom. The summed E-state index contributed by atoms with van der Waals surface area (Å²) in [5, 5.41) is 0.143. The number of benzene rings is 1. The maximum atomic E-state index is 12.9. The summed E-state index contributed by atoms with van der Waals surface area (Å²) in [6.45, 7) is 6.90. The number of nitrogens with two attached hydrogens (primary N) is 1. The first-order chi connectivity index (χ1) is 11.3. The molecule has 9 heteroatoms. The molecule has 3 N–H and O–H groups in total. The van der Waals surface area contributed by atoms with Gasteiger partial charge in [-0.3, -0.25) is 4.79 Å². The molecule has 0 saturated carbocycles. The third-order valence-electron chi connectivity index (χ3n) is 4.15. The molecule has 1 aromatic carbocycles. The van der Waals surface area contributed by atoms with Crippen molar-refractivity contribution in [2.45, 2.75) is 18.7 Å². The summed E-state index contributed by atoms with van der Waals surface area (Å²) in [5.74, 6) is -0.345. The van der Waals surface area contributed by atoms with Crippen LogP contribution in [0.15, 0.2) is 17.0 Å². The fraction of sp³-hybridized carbons (Fsp3) is 0.533. The van der Waals surface area contributed by atoms with Crippen LogP contribution < -0.4 is 15.4 Å². The second-order valence-electron chi connectivity index (χ2n) is 5.81. The van der Waals surface area contributed by atoms with E-state index in [1.807, 2.05) is 0 Å². The SMILES string of the molecule is CC[NH+]1CCN(S(=O)(=O)c2cc(OCC(N)=O)c(C)cc2Cl)CC1. The van der Waals surface area contributed by atoms with E-state index in [-0.39, 0.29) is 22.3 Å². The monoisotopic (exact) mass is 376 g/mol. The molecule has 134 valence electrons. The number of piperazine rings is 1. The van der Waals surface area contributed by atoms with Crippen molar-refractivity contribution in [1.29, 1.82) is 0 Å². The van der Waals surface area contributed by atoms with E-state index in [1.54, 1.807) is 6.92 Å². The van der Waals surface area contributed by atoms with E-state index in [1.165, 1.54) is 21.3 Å². The van der Waals surface area contributed by atoms with Crippen molar-refractivity contribution in [1.82, 2.24) is 4.31 Å². The number of likely N-dealkylation sites (N-methyl/N-ethyl adjacent to an activating group) is 1. The van der Waals surface area contributed by atoms with Gasteiger partial charge in [0.25, 0.3) is 5.91 Å². The lowest BCUT2D eigenvalue weighted by molar-refractivity contribution is -0.901. The number of hydrogen-bond acceptors (Lipinski definition) is 4. The molecule has 1 aromatic rings. The minimum absolute atomic E-state index is 0.00538. The molecular formula is C15H23ClN3O4S+. The third kappa shape index (κ3) is 4.18. The van der Waals surface area contributed by atoms with Crippen LogP contribution in [0, 0.1) is 6.92 Å². The average Bonchev–Trinajstić information content (AvgIpc) is 2.53. The highest BCUT2D eigenvalue weighted by atomic mass is 35.5. The second kappa shape index (κ2) is 7.69. The normalized spacial score (nSPS) is 17.0. The Kier molecular flexibility index (Phi) is 6.08. The molecule has 1 fully saturated rings. The molecule has 0 aliphatic carbocycles. The lowest BCUT2D eigenvalue weighted by Gasteiger charge is -2.31. The molecule has 0 bridgehead atoms. The molecule has 1 aliphatic rings. The van der Waals surface area contributed by atoms with E-state index in [0.717, 1.165) is 19.6 Å². The number of halogens is 1. The second-order valence-corrected chi connectivity index (χ2v) is 8.12. The number of sulfonamides is 1. The Hall–Kier alpha value is -1.35. The van der Waals surface area contributed by atoms with Gasteiger partial charge in [0.15, 0.2) is 6.61 Å². The number of ether oxygens (including phenoxy) is 1. The van der Waals surface area contributed by atoms with Gasteiger partial charge in [0.2, 0.25) is 10.0 Å². The summed E-state index contributed by atoms with van der Waals surface area (Å²) in [4.78, 5) is 12.3. The average molecular weight is 377 g/mol. The molecule has 1 amide bonds. The molecule has 0 unspecified atom stereocenters. The Labute approximate surface area is 147 Å². The van der Waals surface area contributed by atoms with Gasteiger partial charge in [0.05, 0.1) is 37.7 Å². The van der Waals surface area contributed by atoms with Crippen molar-refractivity contribution >= 4 is 27.5 Å². The highest BCUT2D eigenvalue weighted by molar-refractivity contribution is 7.89. The number of nitrogens with one attached hydrogen (secondary N) is 1. The van der Waals surface area contributed by atoms with Crippen LogP contribution in [0.2, 0.25) is 5.02 Å². The van der Waals surface area contributed by atoms with Crippen LogP contribution in [0.25, 0.3) is 0 Å². The molecule has 2 rings (SSSR count). The van der Waals surface area contributed by atoms with Crippen molar-refractivity contribution in [2.75, 3.05) is 39.3 Å². The van der Waals surface area contributed by atoms with Crippen LogP contribution in [0.5, 0.6) is 5.75 Å². The first-order valence-corrected chi connectivity index (χ1v) is 9.62. The molecule has 0 aromatic heterocycles. The number of rotatable bonds is 6. The lowest BCUT2D eigenvalue weighted by atomic mass is 10.2. The van der Waals surface area contributed by atoms with Crippen LogP contribution in [0.1, 0.15) is 12.5 Å². The maximum Gasteiger partial charge on any atom is 0.255 e. The van der Waals surface area contributed by atoms with E-state index < -0.39 is 15.9 Å². The van der Waals surface area contributed by atoms with Gasteiger partial charge in [-0.15, -0.1) is 0 Å². The van der Waals surface area contributed by atoms with Crippen molar-refractivity contribution < 1.29 is 22.8 Å². The minimum Gasteiger partial charge on any atom is -0.483 e. The van der Waals surface area contributed by atoms with E-state index in [9.17, 15) is 13.2 Å². The maximum absolute atomic E-state index is 12.9. The smallest absolute Gasteiger partial charge is 0.255 e. The molecular weight excluding hydrogens is 354 g/mol. The number of hydrogen-bond donors (Lipinski definition) is 2. The molecule has 0 spiro atoms. The zero-order chi connectivity index (χ0) is 17.9. The Morgan fingerprint density at radius 3 is 2.54 bits per heavy atom. The summed E-state index contributed by atoms with van der Waals surface area (Å²) in [6.07, 6.45) is 0. The molecule has 0 radical (unpaired) electrons. The molecule has 1 aliphatic heterocycles. The van der Waals surface area contributed by atoms with Gasteiger partial charge < -0.3 is 15.4 Å². The van der Waals surface area contributed by atoms with Crippen LogP contribution in [0.3, 0.4) is 0 Å². The quantitative estimate of drug-likeness (QED) is 0.694. The summed E-state index contributed by atoms with van der Waals surface area (Å²) in [6, 6.07) is 2.90. The van der Waals surface area contributed by atoms with E-state index in [4.69, 9.17) is 22.1 Å². The first-order valence-electron chi connectivity index (χ1n) is 7.80. The van der Waals surface area contributed by atoms with Gasteiger partial charge in [-0.05, 0) is 25.5 Å². The van der Waals surface area contributed by atoms with Crippen LogP contribution in [-0.2, 0) is 14.8 Å². The van der Waals surface area contributed by atoms with Crippen molar-refractivity contribution in [3.8, 4) is 5.75 Å². The van der Waals surface area contributed by atoms with E-state index >= 15 is 0 Å². The first kappa shape index (κ1) is 19.0. The highest BCUT2D eigenvalue weighted by Gasteiger charge is 2.32. The zero-order valence-electron chi connectivity index (χ0n) is 13.8. The van der Waals surface area contributed by atoms with Gasteiger partial charge >= 0.3 is 0 Å². The third-order valence-corrected chi connectivity index (χ3v) is 6.51. The zero-order valence-corrected chi connectivity index (χ0v) is 15.4. The Balaban J connectivity index is 2.29. The molecule has 1 heterocycles. The molecule has 0 atom stereocenters. The lowest BCUT2D eigenvalue weighted by Crippen LogP contribution is -3.14. The van der Waals surface area contributed by atoms with Crippen molar-refractivity contribution in [3.63, 3.8) is 0 Å². The van der Waals surface area contributed by atoms with Crippen LogP contribution >= 0.6 is 11.6 Å². The van der Waals surface area contributed by atoms with Gasteiger partial charge in [0.1, 0.15) is 10.6 Å². The number of primary amides is 1. The van der Waals surface area contributed by atoms with Crippen LogP contribution in [0.4, 0.5) is 0 Å². The molecule has 24 heavy (non-hydrogen) atoms. The standard InChI is InChI=1S/C15H22ClN3O4S/c1-3-18-4-6-19(7-5-18)24(21,22)14-9-13(23-10-15(17)20)11(2)8-12(14)16/h8-9H,3-7,10H2,1-2H3,(H2,17,20)/p+1. The Morgan fingerprint density at radius 1 is 1.38 bits per heavy atom. The fourth-order valence-corrected chi connectivity index (χ4v) is 4.69. The number of carbonyl (C=O) groups is 1. The van der Waals surface area contributed by atoms with Gasteiger partial charge in [0, 0.05) is 6.07 Å². The molecule has 7 nitrogen and oxygen atoms in total. The summed E-state index contributed by atoms with van der Waals surface area (Å²) in [5.41, 5.74) is 5.71. The minimum atomic E-state index is -3.71. The molecule has 1 saturated heterocycles. The topological polar surface area (TPSA) is 94.1 Å². The number of carbonyl (C=O) groups excluding carboxylic acids is 1. The number of quaternary nitrogens is 1. The van der Waals surface area contributed by atoms with Gasteiger partial charge in [-0.2, -0.15) is 4.31 Å². The van der Waals surface area contributed by atoms with Gasteiger partial charge in [-0.25, -0.2) is 8.42 Å². The fourth-order valence-electron chi connectivity index (χ4n) is 2.67. The van der Waals surface area contributed by atoms with Crippen LogP contribution in [-0.4, -0.2) is 58.0 Å². The predicted octanol–water partition coefficient (Wildman–Crippen LogP) is -0.578. The van der Waals surface area contributed by atoms with Crippen molar-refractivity contribution in [2.24, 2.45) is 5.73 Å². The van der Waals surface area contributed by atoms with E-state index in [0.29, 0.717) is 18.7 Å². The van der Waals surface area contributed by atoms with E-state index in [2.05, 4.69) is 6.92 Å². The van der Waals surface area contributed by atoms with Crippen molar-refractivity contribution in [3.05, 3.63) is 22.7 Å².